The molecule has 1 unspecified atom stereocenters. The van der Waals surface area contributed by atoms with Crippen molar-refractivity contribution in [2.75, 3.05) is 39.0 Å². The van der Waals surface area contributed by atoms with Crippen molar-refractivity contribution in [3.8, 4) is 17.5 Å². The minimum Gasteiger partial charge on any atom is -0.419 e. The summed E-state index contributed by atoms with van der Waals surface area (Å²) in [5.41, 5.74) is 1.98. The van der Waals surface area contributed by atoms with Gasteiger partial charge in [-0.25, -0.2) is 12.7 Å². The highest BCUT2D eigenvalue weighted by Crippen LogP contribution is 2.29. The molecule has 1 saturated heterocycles. The second-order valence-electron chi connectivity index (χ2n) is 8.52. The van der Waals surface area contributed by atoms with Crippen molar-refractivity contribution < 1.29 is 12.8 Å². The van der Waals surface area contributed by atoms with Gasteiger partial charge >= 0.3 is 0 Å². The van der Waals surface area contributed by atoms with Gasteiger partial charge in [-0.2, -0.15) is 10.2 Å². The SMILES string of the molecule is CN(C)S(=O)(=O)c1ccc(-c2nc(C#N)c(NCC(c3ccccc3)N3CCCCC3)o2)cc1. The first-order valence-corrected chi connectivity index (χ1v) is 12.8. The van der Waals surface area contributed by atoms with Crippen LogP contribution >= 0.6 is 0 Å². The van der Waals surface area contributed by atoms with Gasteiger partial charge in [0, 0.05) is 26.2 Å². The van der Waals surface area contributed by atoms with Crippen LogP contribution in [-0.4, -0.2) is 56.3 Å². The fraction of sp³-hybridized carbons (Fsp3) is 0.360. The molecule has 0 amide bonds. The molecule has 2 aromatic carbocycles. The molecule has 1 aromatic heterocycles. The molecule has 0 bridgehead atoms. The number of anilines is 1. The summed E-state index contributed by atoms with van der Waals surface area (Å²) in [5.74, 6) is 0.586. The van der Waals surface area contributed by atoms with Gasteiger partial charge in [-0.15, -0.1) is 0 Å². The number of piperidine rings is 1. The van der Waals surface area contributed by atoms with E-state index in [0.29, 0.717) is 18.0 Å². The number of likely N-dealkylation sites (tertiary alicyclic amines) is 1. The number of aromatic nitrogens is 1. The normalized spacial score (nSPS) is 15.7. The lowest BCUT2D eigenvalue weighted by Gasteiger charge is -2.35. The molecule has 1 fully saturated rings. The van der Waals surface area contributed by atoms with Crippen molar-refractivity contribution in [3.63, 3.8) is 0 Å². The Balaban J connectivity index is 1.55. The summed E-state index contributed by atoms with van der Waals surface area (Å²) in [5, 5.41) is 12.9. The first-order valence-electron chi connectivity index (χ1n) is 11.4. The summed E-state index contributed by atoms with van der Waals surface area (Å²) >= 11 is 0. The molecule has 3 aromatic rings. The van der Waals surface area contributed by atoms with E-state index in [1.165, 1.54) is 51.1 Å². The highest BCUT2D eigenvalue weighted by atomic mass is 32.2. The van der Waals surface area contributed by atoms with E-state index < -0.39 is 10.0 Å². The second kappa shape index (κ2) is 10.4. The van der Waals surface area contributed by atoms with Gasteiger partial charge in [0.2, 0.25) is 27.5 Å². The molecule has 2 heterocycles. The van der Waals surface area contributed by atoms with Crippen molar-refractivity contribution in [2.24, 2.45) is 0 Å². The number of sulfonamides is 1. The minimum atomic E-state index is -3.53. The van der Waals surface area contributed by atoms with Crippen LogP contribution in [0.1, 0.15) is 36.6 Å². The third kappa shape index (κ3) is 5.14. The Morgan fingerprint density at radius 2 is 1.76 bits per heavy atom. The number of rotatable bonds is 8. The molecule has 4 rings (SSSR count). The van der Waals surface area contributed by atoms with E-state index in [9.17, 15) is 13.7 Å². The number of nitrogens with zero attached hydrogens (tertiary/aromatic N) is 4. The molecule has 0 saturated carbocycles. The van der Waals surface area contributed by atoms with Crippen LogP contribution in [-0.2, 0) is 10.0 Å². The summed E-state index contributed by atoms with van der Waals surface area (Å²) < 4.78 is 31.7. The van der Waals surface area contributed by atoms with Gasteiger partial charge in [-0.05, 0) is 55.8 Å². The lowest BCUT2D eigenvalue weighted by Crippen LogP contribution is -2.37. The molecule has 1 N–H and O–H groups in total. The number of hydrogen-bond donors (Lipinski definition) is 1. The van der Waals surface area contributed by atoms with Gasteiger partial charge < -0.3 is 9.73 Å². The third-order valence-corrected chi connectivity index (χ3v) is 7.91. The van der Waals surface area contributed by atoms with Crippen LogP contribution in [0, 0.1) is 11.3 Å². The maximum Gasteiger partial charge on any atom is 0.242 e. The fourth-order valence-corrected chi connectivity index (χ4v) is 5.07. The van der Waals surface area contributed by atoms with Crippen LogP contribution in [0.3, 0.4) is 0 Å². The molecule has 8 nitrogen and oxygen atoms in total. The van der Waals surface area contributed by atoms with Gasteiger partial charge in [-0.3, -0.25) is 4.90 Å². The number of hydrogen-bond acceptors (Lipinski definition) is 7. The van der Waals surface area contributed by atoms with Gasteiger partial charge in [0.15, 0.2) is 0 Å². The van der Waals surface area contributed by atoms with Crippen LogP contribution in [0.5, 0.6) is 0 Å². The number of nitrogens with one attached hydrogen (secondary N) is 1. The Kier molecular flexibility index (Phi) is 7.32. The number of nitriles is 1. The molecular formula is C25H29N5O3S. The van der Waals surface area contributed by atoms with E-state index in [1.54, 1.807) is 12.1 Å². The van der Waals surface area contributed by atoms with Crippen LogP contribution < -0.4 is 5.32 Å². The summed E-state index contributed by atoms with van der Waals surface area (Å²) in [4.78, 5) is 6.98. The Morgan fingerprint density at radius 3 is 2.38 bits per heavy atom. The van der Waals surface area contributed by atoms with E-state index >= 15 is 0 Å². The van der Waals surface area contributed by atoms with E-state index in [-0.39, 0.29) is 22.5 Å². The molecule has 0 radical (unpaired) electrons. The van der Waals surface area contributed by atoms with Gasteiger partial charge in [0.05, 0.1) is 10.9 Å². The van der Waals surface area contributed by atoms with Crippen LogP contribution in [0.15, 0.2) is 63.9 Å². The highest BCUT2D eigenvalue weighted by Gasteiger charge is 2.24. The lowest BCUT2D eigenvalue weighted by atomic mass is 10.0. The quantitative estimate of drug-likeness (QED) is 0.519. The maximum atomic E-state index is 12.3. The fourth-order valence-electron chi connectivity index (χ4n) is 4.17. The maximum absolute atomic E-state index is 12.3. The zero-order valence-corrected chi connectivity index (χ0v) is 20.3. The molecule has 0 spiro atoms. The summed E-state index contributed by atoms with van der Waals surface area (Å²) in [7, 11) is -0.551. The van der Waals surface area contributed by atoms with Crippen molar-refractivity contribution in [1.29, 1.82) is 5.26 Å². The first-order chi connectivity index (χ1) is 16.4. The molecule has 1 aliphatic heterocycles. The van der Waals surface area contributed by atoms with Crippen LogP contribution in [0.4, 0.5) is 5.88 Å². The van der Waals surface area contributed by atoms with E-state index in [1.807, 2.05) is 18.2 Å². The Morgan fingerprint density at radius 1 is 1.09 bits per heavy atom. The largest absolute Gasteiger partial charge is 0.419 e. The van der Waals surface area contributed by atoms with Gasteiger partial charge in [0.1, 0.15) is 6.07 Å². The minimum absolute atomic E-state index is 0.150. The predicted molar refractivity (Wildman–Crippen MR) is 131 cm³/mol. The van der Waals surface area contributed by atoms with Crippen LogP contribution in [0.2, 0.25) is 0 Å². The Hall–Kier alpha value is -3.19. The number of oxazole rings is 1. The lowest BCUT2D eigenvalue weighted by molar-refractivity contribution is 0.170. The predicted octanol–water partition coefficient (Wildman–Crippen LogP) is 4.10. The van der Waals surface area contributed by atoms with Gasteiger partial charge in [0.25, 0.3) is 0 Å². The average Bonchev–Trinajstić information content (AvgIpc) is 3.29. The van der Waals surface area contributed by atoms with E-state index in [4.69, 9.17) is 4.42 Å². The summed E-state index contributed by atoms with van der Waals surface area (Å²) in [6.45, 7) is 2.65. The summed E-state index contributed by atoms with van der Waals surface area (Å²) in [6.07, 6.45) is 3.61. The highest BCUT2D eigenvalue weighted by molar-refractivity contribution is 7.89. The number of benzene rings is 2. The third-order valence-electron chi connectivity index (χ3n) is 6.08. The molecule has 9 heteroatoms. The monoisotopic (exact) mass is 479 g/mol. The molecule has 0 aliphatic carbocycles. The topological polar surface area (TPSA) is 102 Å². The molecular weight excluding hydrogens is 450 g/mol. The smallest absolute Gasteiger partial charge is 0.242 e. The molecule has 178 valence electrons. The van der Waals surface area contributed by atoms with Crippen molar-refractivity contribution in [2.45, 2.75) is 30.2 Å². The molecule has 34 heavy (non-hydrogen) atoms. The first kappa shape index (κ1) is 24.0. The van der Waals surface area contributed by atoms with E-state index in [2.05, 4.69) is 33.4 Å². The zero-order valence-electron chi connectivity index (χ0n) is 19.4. The Bertz CT molecular complexity index is 1240. The summed E-state index contributed by atoms with van der Waals surface area (Å²) in [6, 6.07) is 18.9. The molecule has 1 atom stereocenters. The van der Waals surface area contributed by atoms with Crippen molar-refractivity contribution >= 4 is 15.9 Å². The Labute approximate surface area is 200 Å². The average molecular weight is 480 g/mol. The van der Waals surface area contributed by atoms with Crippen molar-refractivity contribution in [1.82, 2.24) is 14.2 Å². The second-order valence-corrected chi connectivity index (χ2v) is 10.7. The van der Waals surface area contributed by atoms with E-state index in [0.717, 1.165) is 17.4 Å². The van der Waals surface area contributed by atoms with Crippen LogP contribution in [0.25, 0.3) is 11.5 Å². The van der Waals surface area contributed by atoms with Crippen molar-refractivity contribution in [3.05, 3.63) is 65.9 Å². The zero-order chi connectivity index (χ0) is 24.1. The van der Waals surface area contributed by atoms with Gasteiger partial charge in [-0.1, -0.05) is 36.8 Å². The molecule has 1 aliphatic rings. The standard InChI is InChI=1S/C25H29N5O3S/c1-29(2)34(31,32)21-13-11-20(12-14-21)24-28-22(17-26)25(33-24)27-18-23(19-9-5-3-6-10-19)30-15-7-4-8-16-30/h3,5-6,9-14,23,27H,4,7-8,15-16,18H2,1-2H3.